The Morgan fingerprint density at radius 3 is 2.91 bits per heavy atom. The first-order chi connectivity index (χ1) is 11.2. The van der Waals surface area contributed by atoms with Crippen molar-refractivity contribution in [3.05, 3.63) is 36.0 Å². The van der Waals surface area contributed by atoms with Gasteiger partial charge in [-0.25, -0.2) is 4.79 Å². The lowest BCUT2D eigenvalue weighted by molar-refractivity contribution is 0.0601. The Balaban J connectivity index is 1.71. The highest BCUT2D eigenvalue weighted by molar-refractivity contribution is 5.90. The van der Waals surface area contributed by atoms with E-state index in [9.17, 15) is 4.79 Å². The Morgan fingerprint density at radius 1 is 1.30 bits per heavy atom. The van der Waals surface area contributed by atoms with Gasteiger partial charge in [0.25, 0.3) is 0 Å². The molecule has 7 nitrogen and oxygen atoms in total. The molecule has 0 unspecified atom stereocenters. The maximum Gasteiger partial charge on any atom is 0.337 e. The summed E-state index contributed by atoms with van der Waals surface area (Å²) >= 11 is 0. The molecule has 0 amide bonds. The largest absolute Gasteiger partial charge is 0.465 e. The van der Waals surface area contributed by atoms with Crippen LogP contribution in [-0.4, -0.2) is 34.3 Å². The third-order valence-electron chi connectivity index (χ3n) is 3.80. The zero-order valence-corrected chi connectivity index (χ0v) is 13.0. The van der Waals surface area contributed by atoms with Gasteiger partial charge in [-0.2, -0.15) is 10.1 Å². The summed E-state index contributed by atoms with van der Waals surface area (Å²) in [4.78, 5) is 16.0. The Hall–Kier alpha value is -2.70. The fraction of sp³-hybridized carbons (Fsp3) is 0.375. The summed E-state index contributed by atoms with van der Waals surface area (Å²) in [5.74, 6) is 0.714. The third-order valence-corrected chi connectivity index (χ3v) is 3.80. The first-order valence-corrected chi connectivity index (χ1v) is 7.66. The second-order valence-corrected chi connectivity index (χ2v) is 5.49. The molecule has 0 spiro atoms. The average molecular weight is 313 g/mol. The standard InChI is InChI=1S/C16H19N5O2/c1-23-15(22)11-5-4-8-13(9-11)18-14-10-17-21-16(20-14)19-12-6-2-3-7-12/h4-5,8-10,12H,2-3,6-7H2,1H3,(H2,18,19,20,21). The van der Waals surface area contributed by atoms with E-state index in [0.717, 1.165) is 18.5 Å². The number of benzene rings is 1. The lowest BCUT2D eigenvalue weighted by atomic mass is 10.2. The molecule has 120 valence electrons. The van der Waals surface area contributed by atoms with Gasteiger partial charge in [-0.15, -0.1) is 5.10 Å². The second kappa shape index (κ2) is 7.04. The smallest absolute Gasteiger partial charge is 0.337 e. The molecule has 1 aliphatic rings. The molecule has 0 saturated heterocycles. The van der Waals surface area contributed by atoms with E-state index in [4.69, 9.17) is 4.74 Å². The average Bonchev–Trinajstić information content (AvgIpc) is 3.07. The highest BCUT2D eigenvalue weighted by Gasteiger charge is 2.16. The van der Waals surface area contributed by atoms with E-state index in [-0.39, 0.29) is 5.97 Å². The predicted octanol–water partition coefficient (Wildman–Crippen LogP) is 2.76. The van der Waals surface area contributed by atoms with Gasteiger partial charge in [-0.1, -0.05) is 18.9 Å². The van der Waals surface area contributed by atoms with Gasteiger partial charge >= 0.3 is 5.97 Å². The minimum absolute atomic E-state index is 0.377. The van der Waals surface area contributed by atoms with Crippen molar-refractivity contribution in [3.63, 3.8) is 0 Å². The molecule has 0 bridgehead atoms. The fourth-order valence-corrected chi connectivity index (χ4v) is 2.67. The van der Waals surface area contributed by atoms with E-state index in [1.54, 1.807) is 24.4 Å². The molecule has 1 aromatic heterocycles. The summed E-state index contributed by atoms with van der Waals surface area (Å²) in [7, 11) is 1.36. The molecule has 1 fully saturated rings. The fourth-order valence-electron chi connectivity index (χ4n) is 2.67. The number of nitrogens with zero attached hydrogens (tertiary/aromatic N) is 3. The van der Waals surface area contributed by atoms with Gasteiger partial charge in [0.2, 0.25) is 5.95 Å². The number of anilines is 3. The van der Waals surface area contributed by atoms with Crippen molar-refractivity contribution in [1.29, 1.82) is 0 Å². The summed E-state index contributed by atoms with van der Waals surface area (Å²) in [6, 6.07) is 7.45. The Morgan fingerprint density at radius 2 is 2.13 bits per heavy atom. The number of hydrogen-bond donors (Lipinski definition) is 2. The molecular weight excluding hydrogens is 294 g/mol. The van der Waals surface area contributed by atoms with Crippen LogP contribution in [0.25, 0.3) is 0 Å². The van der Waals surface area contributed by atoms with E-state index < -0.39 is 0 Å². The molecule has 1 aromatic carbocycles. The summed E-state index contributed by atoms with van der Waals surface area (Å²) < 4.78 is 4.72. The zero-order chi connectivity index (χ0) is 16.1. The first-order valence-electron chi connectivity index (χ1n) is 7.66. The number of carbonyl (C=O) groups is 1. The molecule has 2 N–H and O–H groups in total. The maximum absolute atomic E-state index is 11.6. The Bertz CT molecular complexity index is 686. The molecule has 2 aromatic rings. The van der Waals surface area contributed by atoms with Crippen LogP contribution in [0.3, 0.4) is 0 Å². The molecular formula is C16H19N5O2. The lowest BCUT2D eigenvalue weighted by Crippen LogP contribution is -2.17. The van der Waals surface area contributed by atoms with E-state index in [0.29, 0.717) is 23.4 Å². The number of nitrogens with one attached hydrogen (secondary N) is 2. The molecule has 1 aliphatic carbocycles. The lowest BCUT2D eigenvalue weighted by Gasteiger charge is -2.12. The first kappa shape index (κ1) is 15.2. The maximum atomic E-state index is 11.6. The van der Waals surface area contributed by atoms with Gasteiger partial charge < -0.3 is 15.4 Å². The van der Waals surface area contributed by atoms with Crippen LogP contribution in [0.2, 0.25) is 0 Å². The van der Waals surface area contributed by atoms with Gasteiger partial charge in [0.05, 0.1) is 18.9 Å². The van der Waals surface area contributed by atoms with Crippen LogP contribution in [0.15, 0.2) is 30.5 Å². The molecule has 7 heteroatoms. The number of rotatable bonds is 5. The van der Waals surface area contributed by atoms with Crippen LogP contribution in [0.4, 0.5) is 17.5 Å². The van der Waals surface area contributed by atoms with Gasteiger partial charge in [-0.05, 0) is 31.0 Å². The minimum Gasteiger partial charge on any atom is -0.465 e. The van der Waals surface area contributed by atoms with Gasteiger partial charge in [-0.3, -0.25) is 0 Å². The number of ether oxygens (including phenoxy) is 1. The molecule has 0 aliphatic heterocycles. The monoisotopic (exact) mass is 313 g/mol. The highest BCUT2D eigenvalue weighted by atomic mass is 16.5. The van der Waals surface area contributed by atoms with Gasteiger partial charge in [0.15, 0.2) is 5.82 Å². The number of carbonyl (C=O) groups excluding carboxylic acids is 1. The quantitative estimate of drug-likeness (QED) is 0.820. The van der Waals surface area contributed by atoms with Crippen LogP contribution in [0, 0.1) is 0 Å². The van der Waals surface area contributed by atoms with Crippen molar-refractivity contribution in [2.24, 2.45) is 0 Å². The van der Waals surface area contributed by atoms with Crippen LogP contribution < -0.4 is 10.6 Å². The van der Waals surface area contributed by atoms with Crippen molar-refractivity contribution in [2.75, 3.05) is 17.7 Å². The van der Waals surface area contributed by atoms with Crippen LogP contribution in [-0.2, 0) is 4.74 Å². The third kappa shape index (κ3) is 3.94. The van der Waals surface area contributed by atoms with E-state index >= 15 is 0 Å². The van der Waals surface area contributed by atoms with Crippen molar-refractivity contribution in [2.45, 2.75) is 31.7 Å². The second-order valence-electron chi connectivity index (χ2n) is 5.49. The normalized spacial score (nSPS) is 14.5. The number of methoxy groups -OCH3 is 1. The topological polar surface area (TPSA) is 89.0 Å². The highest BCUT2D eigenvalue weighted by Crippen LogP contribution is 2.21. The summed E-state index contributed by atoms with van der Waals surface area (Å²) in [6.07, 6.45) is 6.31. The van der Waals surface area contributed by atoms with E-state index in [2.05, 4.69) is 25.8 Å². The number of hydrogen-bond acceptors (Lipinski definition) is 7. The SMILES string of the molecule is COC(=O)c1cccc(Nc2cnnc(NC3CCCC3)n2)c1. The van der Waals surface area contributed by atoms with Crippen molar-refractivity contribution in [1.82, 2.24) is 15.2 Å². The zero-order valence-electron chi connectivity index (χ0n) is 13.0. The van der Waals surface area contributed by atoms with Crippen LogP contribution >= 0.6 is 0 Å². The summed E-state index contributed by atoms with van der Waals surface area (Å²) in [5.41, 5.74) is 1.21. The molecule has 3 rings (SSSR count). The number of aromatic nitrogens is 3. The molecule has 0 atom stereocenters. The van der Waals surface area contributed by atoms with Crippen molar-refractivity contribution >= 4 is 23.4 Å². The van der Waals surface area contributed by atoms with Crippen LogP contribution in [0.1, 0.15) is 36.0 Å². The van der Waals surface area contributed by atoms with Crippen LogP contribution in [0.5, 0.6) is 0 Å². The molecule has 0 radical (unpaired) electrons. The Kier molecular flexibility index (Phi) is 4.65. The van der Waals surface area contributed by atoms with Crippen molar-refractivity contribution < 1.29 is 9.53 Å². The van der Waals surface area contributed by atoms with Crippen molar-refractivity contribution in [3.8, 4) is 0 Å². The minimum atomic E-state index is -0.377. The van der Waals surface area contributed by atoms with E-state index in [1.165, 1.54) is 20.0 Å². The summed E-state index contributed by atoms with van der Waals surface area (Å²) in [5, 5.41) is 14.4. The molecule has 23 heavy (non-hydrogen) atoms. The Labute approximate surface area is 134 Å². The van der Waals surface area contributed by atoms with E-state index in [1.807, 2.05) is 6.07 Å². The summed E-state index contributed by atoms with van der Waals surface area (Å²) in [6.45, 7) is 0. The van der Waals surface area contributed by atoms with Gasteiger partial charge in [0, 0.05) is 11.7 Å². The number of esters is 1. The molecule has 1 heterocycles. The predicted molar refractivity (Wildman–Crippen MR) is 86.8 cm³/mol. The molecule has 1 saturated carbocycles. The van der Waals surface area contributed by atoms with Gasteiger partial charge in [0.1, 0.15) is 0 Å².